The summed E-state index contributed by atoms with van der Waals surface area (Å²) < 4.78 is 0. The van der Waals surface area contributed by atoms with Crippen molar-refractivity contribution in [2.45, 2.75) is 25.4 Å². The van der Waals surface area contributed by atoms with Gasteiger partial charge in [0.2, 0.25) is 11.7 Å². The summed E-state index contributed by atoms with van der Waals surface area (Å²) in [5, 5.41) is 19.0. The smallest absolute Gasteiger partial charge is 0.243 e. The van der Waals surface area contributed by atoms with E-state index in [-0.39, 0.29) is 18.5 Å². The van der Waals surface area contributed by atoms with Crippen LogP contribution in [-0.2, 0) is 11.3 Å². The van der Waals surface area contributed by atoms with Crippen LogP contribution in [0.3, 0.4) is 0 Å². The molecule has 0 bridgehead atoms. The summed E-state index contributed by atoms with van der Waals surface area (Å²) in [4.78, 5) is 13.3. The minimum atomic E-state index is -0.0908. The Morgan fingerprint density at radius 3 is 2.77 bits per heavy atom. The summed E-state index contributed by atoms with van der Waals surface area (Å²) in [5.74, 6) is 0.387. The van der Waals surface area contributed by atoms with Gasteiger partial charge in [-0.15, -0.1) is 10.2 Å². The van der Waals surface area contributed by atoms with E-state index in [0.717, 1.165) is 31.5 Å². The van der Waals surface area contributed by atoms with Crippen molar-refractivity contribution in [1.29, 1.82) is 0 Å². The van der Waals surface area contributed by atoms with Gasteiger partial charge in [0.15, 0.2) is 0 Å². The van der Waals surface area contributed by atoms with Gasteiger partial charge < -0.3 is 10.6 Å². The normalized spacial score (nSPS) is 15.7. The predicted octanol–water partition coefficient (Wildman–Crippen LogP) is 0.862. The van der Waals surface area contributed by atoms with Crippen molar-refractivity contribution in [1.82, 2.24) is 30.8 Å². The number of carbonyl (C=O) groups is 1. The van der Waals surface area contributed by atoms with Crippen molar-refractivity contribution in [3.05, 3.63) is 29.3 Å². The van der Waals surface area contributed by atoms with Crippen molar-refractivity contribution >= 4 is 17.5 Å². The van der Waals surface area contributed by atoms with E-state index in [2.05, 4.69) is 26.0 Å². The van der Waals surface area contributed by atoms with Gasteiger partial charge in [-0.05, 0) is 55.4 Å². The lowest BCUT2D eigenvalue weighted by Crippen LogP contribution is -2.44. The van der Waals surface area contributed by atoms with Crippen LogP contribution in [0.5, 0.6) is 0 Å². The second-order valence-corrected chi connectivity index (χ2v) is 5.68. The fourth-order valence-electron chi connectivity index (χ4n) is 2.39. The number of carbonyl (C=O) groups excluding carboxylic acids is 1. The molecule has 2 heterocycles. The Kier molecular flexibility index (Phi) is 4.65. The SMILES string of the molecule is O=C(Cn1nnc(-c2ccc(Cl)cc2)n1)NC1CCNCC1. The van der Waals surface area contributed by atoms with Crippen LogP contribution in [0.15, 0.2) is 24.3 Å². The van der Waals surface area contributed by atoms with Crippen LogP contribution in [0.2, 0.25) is 5.02 Å². The quantitative estimate of drug-likeness (QED) is 0.873. The first-order valence-electron chi connectivity index (χ1n) is 7.24. The van der Waals surface area contributed by atoms with E-state index in [1.807, 2.05) is 12.1 Å². The van der Waals surface area contributed by atoms with Gasteiger partial charge in [-0.1, -0.05) is 11.6 Å². The van der Waals surface area contributed by atoms with Gasteiger partial charge in [0.05, 0.1) is 0 Å². The van der Waals surface area contributed by atoms with Gasteiger partial charge in [-0.3, -0.25) is 4.79 Å². The Morgan fingerprint density at radius 2 is 2.05 bits per heavy atom. The molecule has 8 heteroatoms. The molecule has 22 heavy (non-hydrogen) atoms. The molecule has 0 aliphatic carbocycles. The van der Waals surface area contributed by atoms with Crippen LogP contribution in [0.4, 0.5) is 0 Å². The maximum absolute atomic E-state index is 12.0. The molecule has 7 nitrogen and oxygen atoms in total. The number of nitrogens with one attached hydrogen (secondary N) is 2. The van der Waals surface area contributed by atoms with E-state index in [9.17, 15) is 4.79 Å². The third-order valence-corrected chi connectivity index (χ3v) is 3.80. The van der Waals surface area contributed by atoms with Crippen molar-refractivity contribution in [3.8, 4) is 11.4 Å². The van der Waals surface area contributed by atoms with Crippen LogP contribution in [0, 0.1) is 0 Å². The molecule has 1 saturated heterocycles. The van der Waals surface area contributed by atoms with E-state index < -0.39 is 0 Å². The Balaban J connectivity index is 1.59. The number of piperidine rings is 1. The maximum atomic E-state index is 12.0. The maximum Gasteiger partial charge on any atom is 0.243 e. The zero-order valence-electron chi connectivity index (χ0n) is 12.0. The van der Waals surface area contributed by atoms with E-state index >= 15 is 0 Å². The zero-order chi connectivity index (χ0) is 15.4. The Labute approximate surface area is 133 Å². The lowest BCUT2D eigenvalue weighted by atomic mass is 10.1. The first kappa shape index (κ1) is 14.9. The predicted molar refractivity (Wildman–Crippen MR) is 82.3 cm³/mol. The Morgan fingerprint density at radius 1 is 1.32 bits per heavy atom. The largest absolute Gasteiger partial charge is 0.352 e. The molecule has 0 unspecified atom stereocenters. The second kappa shape index (κ2) is 6.85. The van der Waals surface area contributed by atoms with Gasteiger partial charge in [0.25, 0.3) is 0 Å². The first-order chi connectivity index (χ1) is 10.7. The highest BCUT2D eigenvalue weighted by Crippen LogP contribution is 2.16. The highest BCUT2D eigenvalue weighted by molar-refractivity contribution is 6.30. The Bertz CT molecular complexity index is 635. The zero-order valence-corrected chi connectivity index (χ0v) is 12.8. The van der Waals surface area contributed by atoms with E-state index in [0.29, 0.717) is 10.8 Å². The number of benzene rings is 1. The van der Waals surface area contributed by atoms with Crippen LogP contribution >= 0.6 is 11.6 Å². The van der Waals surface area contributed by atoms with Gasteiger partial charge in [-0.25, -0.2) is 0 Å². The molecule has 1 aromatic heterocycles. The molecule has 0 spiro atoms. The number of rotatable bonds is 4. The standard InChI is InChI=1S/C14H17ClN6O/c15-11-3-1-10(2-4-11)14-18-20-21(19-14)9-13(22)17-12-5-7-16-8-6-12/h1-4,12,16H,5-9H2,(H,17,22). The average Bonchev–Trinajstić information content (AvgIpc) is 2.97. The number of hydrogen-bond donors (Lipinski definition) is 2. The lowest BCUT2D eigenvalue weighted by molar-refractivity contribution is -0.122. The number of halogens is 1. The second-order valence-electron chi connectivity index (χ2n) is 5.24. The molecule has 1 aliphatic heterocycles. The van der Waals surface area contributed by atoms with Crippen molar-refractivity contribution < 1.29 is 4.79 Å². The lowest BCUT2D eigenvalue weighted by Gasteiger charge is -2.23. The Hall–Kier alpha value is -1.99. The molecule has 0 radical (unpaired) electrons. The van der Waals surface area contributed by atoms with Crippen molar-refractivity contribution in [2.75, 3.05) is 13.1 Å². The number of tetrazole rings is 1. The monoisotopic (exact) mass is 320 g/mol. The number of hydrogen-bond acceptors (Lipinski definition) is 5. The number of nitrogens with zero attached hydrogens (tertiary/aromatic N) is 4. The number of amides is 1. The topological polar surface area (TPSA) is 84.7 Å². The van der Waals surface area contributed by atoms with Gasteiger partial charge in [-0.2, -0.15) is 4.80 Å². The molecule has 1 aliphatic rings. The van der Waals surface area contributed by atoms with Crippen LogP contribution in [0.1, 0.15) is 12.8 Å². The highest BCUT2D eigenvalue weighted by Gasteiger charge is 2.16. The summed E-state index contributed by atoms with van der Waals surface area (Å²) >= 11 is 5.85. The highest BCUT2D eigenvalue weighted by atomic mass is 35.5. The third kappa shape index (κ3) is 3.80. The molecule has 3 rings (SSSR count). The summed E-state index contributed by atoms with van der Waals surface area (Å²) in [7, 11) is 0. The van der Waals surface area contributed by atoms with Crippen LogP contribution in [-0.4, -0.2) is 45.2 Å². The van der Waals surface area contributed by atoms with Gasteiger partial charge in [0.1, 0.15) is 6.54 Å². The van der Waals surface area contributed by atoms with E-state index in [1.54, 1.807) is 12.1 Å². The molecule has 116 valence electrons. The molecule has 1 aromatic carbocycles. The summed E-state index contributed by atoms with van der Waals surface area (Å²) in [6, 6.07) is 7.40. The molecular weight excluding hydrogens is 304 g/mol. The summed E-state index contributed by atoms with van der Waals surface area (Å²) in [6.45, 7) is 1.95. The van der Waals surface area contributed by atoms with Gasteiger partial charge >= 0.3 is 0 Å². The van der Waals surface area contributed by atoms with E-state index in [4.69, 9.17) is 11.6 Å². The van der Waals surface area contributed by atoms with Crippen molar-refractivity contribution in [3.63, 3.8) is 0 Å². The minimum Gasteiger partial charge on any atom is -0.352 e. The average molecular weight is 321 g/mol. The molecule has 1 amide bonds. The molecule has 1 fully saturated rings. The van der Waals surface area contributed by atoms with Crippen LogP contribution < -0.4 is 10.6 Å². The summed E-state index contributed by atoms with van der Waals surface area (Å²) in [5.41, 5.74) is 0.814. The molecule has 0 atom stereocenters. The minimum absolute atomic E-state index is 0.0739. The molecular formula is C14H17ClN6O. The summed E-state index contributed by atoms with van der Waals surface area (Å²) in [6.07, 6.45) is 1.90. The molecule has 2 N–H and O–H groups in total. The van der Waals surface area contributed by atoms with E-state index in [1.165, 1.54) is 4.80 Å². The van der Waals surface area contributed by atoms with Gasteiger partial charge in [0, 0.05) is 16.6 Å². The number of aromatic nitrogens is 4. The fraction of sp³-hybridized carbons (Fsp3) is 0.429. The van der Waals surface area contributed by atoms with Crippen molar-refractivity contribution in [2.24, 2.45) is 0 Å². The first-order valence-corrected chi connectivity index (χ1v) is 7.62. The molecule has 0 saturated carbocycles. The molecule has 2 aromatic rings. The van der Waals surface area contributed by atoms with Crippen LogP contribution in [0.25, 0.3) is 11.4 Å². The third-order valence-electron chi connectivity index (χ3n) is 3.54. The fourth-order valence-corrected chi connectivity index (χ4v) is 2.52.